The van der Waals surface area contributed by atoms with E-state index < -0.39 is 27.6 Å². The predicted octanol–water partition coefficient (Wildman–Crippen LogP) is 3.91. The topological polar surface area (TPSA) is 63.7 Å². The number of hydrogen-bond acceptors (Lipinski definition) is 4. The second kappa shape index (κ2) is 6.88. The number of hydrogen-bond donors (Lipinski definition) is 0. The van der Waals surface area contributed by atoms with Gasteiger partial charge in [-0.1, -0.05) is 6.07 Å². The molecule has 1 aliphatic rings. The van der Waals surface area contributed by atoms with Crippen LogP contribution in [0.1, 0.15) is 24.0 Å². The van der Waals surface area contributed by atoms with Gasteiger partial charge in [0.2, 0.25) is 5.91 Å². The van der Waals surface area contributed by atoms with Gasteiger partial charge in [-0.2, -0.15) is 21.6 Å². The summed E-state index contributed by atoms with van der Waals surface area (Å²) < 4.78 is 68.2. The zero-order valence-corrected chi connectivity index (χ0v) is 15.1. The van der Waals surface area contributed by atoms with Gasteiger partial charge in [-0.05, 0) is 55.3 Å². The van der Waals surface area contributed by atoms with E-state index in [-0.39, 0.29) is 10.8 Å². The summed E-state index contributed by atoms with van der Waals surface area (Å²) in [5.74, 6) is -0.465. The minimum atomic E-state index is -4.61. The van der Waals surface area contributed by atoms with Crippen LogP contribution in [0.2, 0.25) is 0 Å². The van der Waals surface area contributed by atoms with E-state index in [1.54, 1.807) is 11.0 Å². The molecule has 1 aliphatic heterocycles. The Morgan fingerprint density at radius 3 is 2.44 bits per heavy atom. The van der Waals surface area contributed by atoms with E-state index in [4.69, 9.17) is 4.18 Å². The van der Waals surface area contributed by atoms with Crippen LogP contribution in [0.25, 0.3) is 0 Å². The van der Waals surface area contributed by atoms with Crippen LogP contribution in [-0.2, 0) is 21.1 Å². The highest BCUT2D eigenvalue weighted by atomic mass is 32.2. The quantitative estimate of drug-likeness (QED) is 0.732. The van der Waals surface area contributed by atoms with Gasteiger partial charge in [0.15, 0.2) is 0 Å². The molecule has 0 aliphatic carbocycles. The van der Waals surface area contributed by atoms with Gasteiger partial charge >= 0.3 is 16.3 Å². The average molecular weight is 399 g/mol. The highest BCUT2D eigenvalue weighted by molar-refractivity contribution is 7.87. The molecule has 27 heavy (non-hydrogen) atoms. The first-order valence-electron chi connectivity index (χ1n) is 8.11. The Morgan fingerprint density at radius 1 is 1.11 bits per heavy atom. The number of nitrogens with zero attached hydrogens (tertiary/aromatic N) is 1. The van der Waals surface area contributed by atoms with Crippen LogP contribution in [-0.4, -0.2) is 20.9 Å². The Bertz CT molecular complexity index is 986. The molecule has 1 fully saturated rings. The van der Waals surface area contributed by atoms with E-state index in [1.807, 2.05) is 0 Å². The lowest BCUT2D eigenvalue weighted by atomic mass is 10.2. The highest BCUT2D eigenvalue weighted by Crippen LogP contribution is 2.33. The molecule has 0 bridgehead atoms. The van der Waals surface area contributed by atoms with E-state index in [0.717, 1.165) is 24.6 Å². The van der Waals surface area contributed by atoms with Crippen molar-refractivity contribution in [3.8, 4) is 5.75 Å². The zero-order chi connectivity index (χ0) is 19.8. The first-order chi connectivity index (χ1) is 12.6. The lowest BCUT2D eigenvalue weighted by Crippen LogP contribution is -2.24. The molecule has 0 N–H and O–H groups in total. The van der Waals surface area contributed by atoms with Gasteiger partial charge in [-0.15, -0.1) is 0 Å². The molecular weight excluding hydrogens is 383 g/mol. The van der Waals surface area contributed by atoms with Crippen LogP contribution in [0.5, 0.6) is 5.75 Å². The fourth-order valence-corrected chi connectivity index (χ4v) is 4.03. The molecule has 2 aromatic carbocycles. The number of anilines is 1. The monoisotopic (exact) mass is 399 g/mol. The van der Waals surface area contributed by atoms with Gasteiger partial charge in [0.25, 0.3) is 0 Å². The Labute approximate surface area is 154 Å². The van der Waals surface area contributed by atoms with E-state index in [0.29, 0.717) is 30.3 Å². The molecule has 144 valence electrons. The van der Waals surface area contributed by atoms with Gasteiger partial charge < -0.3 is 9.08 Å². The minimum Gasteiger partial charge on any atom is -0.379 e. The maximum absolute atomic E-state index is 12.8. The van der Waals surface area contributed by atoms with Crippen molar-refractivity contribution >= 4 is 21.7 Å². The van der Waals surface area contributed by atoms with Gasteiger partial charge in [-0.25, -0.2) is 0 Å². The van der Waals surface area contributed by atoms with Crippen molar-refractivity contribution in [2.45, 2.75) is 30.8 Å². The Hall–Kier alpha value is -2.55. The Kier molecular flexibility index (Phi) is 4.90. The van der Waals surface area contributed by atoms with E-state index in [2.05, 4.69) is 0 Å². The van der Waals surface area contributed by atoms with E-state index in [1.165, 1.54) is 19.1 Å². The highest BCUT2D eigenvalue weighted by Gasteiger charge is 2.31. The zero-order valence-electron chi connectivity index (χ0n) is 14.3. The molecule has 1 amide bonds. The molecule has 2 aromatic rings. The third-order valence-corrected chi connectivity index (χ3v) is 5.59. The summed E-state index contributed by atoms with van der Waals surface area (Å²) in [6.45, 7) is 2.09. The summed E-state index contributed by atoms with van der Waals surface area (Å²) in [7, 11) is -4.33. The number of carbonyl (C=O) groups is 1. The van der Waals surface area contributed by atoms with Crippen LogP contribution < -0.4 is 9.08 Å². The fraction of sp³-hybridized carbons (Fsp3) is 0.278. The van der Waals surface area contributed by atoms with Gasteiger partial charge in [0.05, 0.1) is 5.56 Å². The molecule has 0 atom stereocenters. The summed E-state index contributed by atoms with van der Waals surface area (Å²) in [5, 5.41) is 0. The summed E-state index contributed by atoms with van der Waals surface area (Å²) in [6.07, 6.45) is -3.43. The SMILES string of the molecule is Cc1cc(N2CCCC2=O)ccc1S(=O)(=O)Oc1cccc(C(F)(F)F)c1. The Balaban J connectivity index is 1.88. The number of halogens is 3. The summed E-state index contributed by atoms with van der Waals surface area (Å²) in [5.41, 5.74) is -0.0954. The minimum absolute atomic E-state index is 0.0368. The van der Waals surface area contributed by atoms with Crippen LogP contribution >= 0.6 is 0 Å². The molecule has 0 aromatic heterocycles. The normalized spacial score (nSPS) is 15.3. The average Bonchev–Trinajstić information content (AvgIpc) is 2.99. The Morgan fingerprint density at radius 2 is 1.85 bits per heavy atom. The van der Waals surface area contributed by atoms with Crippen molar-refractivity contribution in [3.05, 3.63) is 53.6 Å². The maximum atomic E-state index is 12.8. The number of amides is 1. The molecule has 0 spiro atoms. The van der Waals surface area contributed by atoms with Crippen molar-refractivity contribution in [3.63, 3.8) is 0 Å². The molecule has 1 heterocycles. The molecule has 0 radical (unpaired) electrons. The molecule has 1 saturated heterocycles. The lowest BCUT2D eigenvalue weighted by molar-refractivity contribution is -0.137. The van der Waals surface area contributed by atoms with Crippen molar-refractivity contribution in [2.75, 3.05) is 11.4 Å². The molecule has 5 nitrogen and oxygen atoms in total. The number of alkyl halides is 3. The molecular formula is C18H16F3NO4S. The number of rotatable bonds is 4. The second-order valence-corrected chi connectivity index (χ2v) is 7.68. The van der Waals surface area contributed by atoms with Crippen molar-refractivity contribution in [2.24, 2.45) is 0 Å². The third kappa shape index (κ3) is 4.08. The number of benzene rings is 2. The van der Waals surface area contributed by atoms with Crippen LogP contribution in [0.3, 0.4) is 0 Å². The van der Waals surface area contributed by atoms with E-state index >= 15 is 0 Å². The molecule has 9 heteroatoms. The van der Waals surface area contributed by atoms with Crippen molar-refractivity contribution in [1.29, 1.82) is 0 Å². The molecule has 0 unspecified atom stereocenters. The first-order valence-corrected chi connectivity index (χ1v) is 9.51. The first kappa shape index (κ1) is 19.2. The largest absolute Gasteiger partial charge is 0.416 e. The maximum Gasteiger partial charge on any atom is 0.416 e. The van der Waals surface area contributed by atoms with Crippen LogP contribution in [0.15, 0.2) is 47.4 Å². The standard InChI is InChI=1S/C18H16F3NO4S/c1-12-10-14(22-9-3-6-17(22)23)7-8-16(12)27(24,25)26-15-5-2-4-13(11-15)18(19,20)21/h2,4-5,7-8,10-11H,3,6,9H2,1H3. The number of aryl methyl sites for hydroxylation is 1. The fourth-order valence-electron chi connectivity index (χ4n) is 2.90. The van der Waals surface area contributed by atoms with Gasteiger partial charge in [0.1, 0.15) is 10.6 Å². The third-order valence-electron chi connectivity index (χ3n) is 4.18. The molecule has 3 rings (SSSR count). The summed E-state index contributed by atoms with van der Waals surface area (Å²) in [6, 6.07) is 7.99. The van der Waals surface area contributed by atoms with Crippen LogP contribution in [0, 0.1) is 6.92 Å². The summed E-state index contributed by atoms with van der Waals surface area (Å²) in [4.78, 5) is 13.2. The van der Waals surface area contributed by atoms with Gasteiger partial charge in [-0.3, -0.25) is 4.79 Å². The lowest BCUT2D eigenvalue weighted by Gasteiger charge is -2.17. The predicted molar refractivity (Wildman–Crippen MR) is 92.0 cm³/mol. The van der Waals surface area contributed by atoms with E-state index in [9.17, 15) is 26.4 Å². The van der Waals surface area contributed by atoms with Crippen molar-refractivity contribution in [1.82, 2.24) is 0 Å². The smallest absolute Gasteiger partial charge is 0.379 e. The summed E-state index contributed by atoms with van der Waals surface area (Å²) >= 11 is 0. The van der Waals surface area contributed by atoms with Gasteiger partial charge in [0, 0.05) is 18.7 Å². The molecule has 0 saturated carbocycles. The van der Waals surface area contributed by atoms with Crippen molar-refractivity contribution < 1.29 is 30.6 Å². The second-order valence-electron chi connectivity index (χ2n) is 6.16. The van der Waals surface area contributed by atoms with Crippen LogP contribution in [0.4, 0.5) is 18.9 Å². The number of carbonyl (C=O) groups excluding carboxylic acids is 1.